The summed E-state index contributed by atoms with van der Waals surface area (Å²) >= 11 is 10.9. The van der Waals surface area contributed by atoms with Gasteiger partial charge in [-0.3, -0.25) is 14.3 Å². The second kappa shape index (κ2) is 5.33. The third-order valence-corrected chi connectivity index (χ3v) is 3.09. The molecule has 2 rings (SSSR count). The molecule has 0 amide bonds. The molecule has 0 fully saturated rings. The standard InChI is InChI=1S/C11H9ClN4O2S/c12-7-3-1-2-6(4-7)5-16-9(13)8(15-18)10(17)14-11(16)19/h1-4H,5,13H2,(H,14,17,19). The van der Waals surface area contributed by atoms with Crippen molar-refractivity contribution in [3.63, 3.8) is 0 Å². The maximum Gasteiger partial charge on any atom is 0.283 e. The molecule has 6 nitrogen and oxygen atoms in total. The molecule has 0 aliphatic heterocycles. The van der Waals surface area contributed by atoms with E-state index >= 15 is 0 Å². The zero-order valence-corrected chi connectivity index (χ0v) is 11.2. The molecule has 0 atom stereocenters. The van der Waals surface area contributed by atoms with Crippen molar-refractivity contribution in [1.82, 2.24) is 9.55 Å². The lowest BCUT2D eigenvalue weighted by Gasteiger charge is -2.11. The molecule has 0 radical (unpaired) electrons. The van der Waals surface area contributed by atoms with Crippen LogP contribution in [0.5, 0.6) is 0 Å². The summed E-state index contributed by atoms with van der Waals surface area (Å²) in [5.74, 6) is -0.0660. The van der Waals surface area contributed by atoms with Crippen molar-refractivity contribution in [2.45, 2.75) is 6.54 Å². The van der Waals surface area contributed by atoms with E-state index in [0.29, 0.717) is 5.02 Å². The van der Waals surface area contributed by atoms with Crippen molar-refractivity contribution in [1.29, 1.82) is 0 Å². The number of rotatable bonds is 3. The van der Waals surface area contributed by atoms with Gasteiger partial charge in [0.1, 0.15) is 5.82 Å². The first-order chi connectivity index (χ1) is 9.02. The average molecular weight is 297 g/mol. The molecule has 0 spiro atoms. The maximum absolute atomic E-state index is 11.4. The molecule has 0 saturated carbocycles. The van der Waals surface area contributed by atoms with Gasteiger partial charge in [0.05, 0.1) is 6.54 Å². The van der Waals surface area contributed by atoms with E-state index in [0.717, 1.165) is 5.56 Å². The summed E-state index contributed by atoms with van der Waals surface area (Å²) in [6.07, 6.45) is 0. The number of nitrogen functional groups attached to an aromatic ring is 1. The molecular formula is C11H9ClN4O2S. The van der Waals surface area contributed by atoms with E-state index in [4.69, 9.17) is 29.6 Å². The molecule has 0 aliphatic rings. The summed E-state index contributed by atoms with van der Waals surface area (Å²) in [7, 11) is 0. The molecule has 19 heavy (non-hydrogen) atoms. The van der Waals surface area contributed by atoms with E-state index in [-0.39, 0.29) is 22.8 Å². The predicted molar refractivity (Wildman–Crippen MR) is 76.3 cm³/mol. The molecule has 0 bridgehead atoms. The number of aromatic amines is 1. The van der Waals surface area contributed by atoms with Crippen LogP contribution in [0, 0.1) is 9.68 Å². The van der Waals surface area contributed by atoms with Crippen LogP contribution in [-0.4, -0.2) is 9.55 Å². The second-order valence-corrected chi connectivity index (χ2v) is 4.62. The molecule has 0 saturated heterocycles. The third kappa shape index (κ3) is 2.72. The van der Waals surface area contributed by atoms with Crippen LogP contribution in [0.15, 0.2) is 34.2 Å². The first-order valence-electron chi connectivity index (χ1n) is 5.23. The molecule has 0 unspecified atom stereocenters. The van der Waals surface area contributed by atoms with E-state index in [1.165, 1.54) is 4.57 Å². The van der Waals surface area contributed by atoms with Crippen LogP contribution in [-0.2, 0) is 6.54 Å². The minimum Gasteiger partial charge on any atom is -0.383 e. The SMILES string of the molecule is Nc1c(N=O)c(=O)[nH]c(=S)n1Cc1cccc(Cl)c1. The molecule has 98 valence electrons. The summed E-state index contributed by atoms with van der Waals surface area (Å²) in [6, 6.07) is 7.08. The Hall–Kier alpha value is -1.99. The van der Waals surface area contributed by atoms with Crippen LogP contribution in [0.4, 0.5) is 11.5 Å². The number of hydrogen-bond donors (Lipinski definition) is 2. The van der Waals surface area contributed by atoms with Gasteiger partial charge >= 0.3 is 0 Å². The fourth-order valence-electron chi connectivity index (χ4n) is 1.64. The van der Waals surface area contributed by atoms with Crippen LogP contribution in [0.3, 0.4) is 0 Å². The van der Waals surface area contributed by atoms with Gasteiger partial charge in [-0.1, -0.05) is 23.7 Å². The third-order valence-electron chi connectivity index (χ3n) is 2.54. The highest BCUT2D eigenvalue weighted by Crippen LogP contribution is 2.18. The van der Waals surface area contributed by atoms with Gasteiger partial charge in [-0.05, 0) is 35.1 Å². The first kappa shape index (κ1) is 13.4. The van der Waals surface area contributed by atoms with Crippen molar-refractivity contribution >= 4 is 35.3 Å². The number of hydrogen-bond acceptors (Lipinski definition) is 5. The number of anilines is 1. The lowest BCUT2D eigenvalue weighted by Crippen LogP contribution is -2.18. The molecule has 8 heteroatoms. The summed E-state index contributed by atoms with van der Waals surface area (Å²) in [5.41, 5.74) is 5.49. The number of nitrogens with zero attached hydrogens (tertiary/aromatic N) is 2. The molecule has 2 aromatic rings. The molecule has 1 aromatic carbocycles. The smallest absolute Gasteiger partial charge is 0.283 e. The topological polar surface area (TPSA) is 93.2 Å². The van der Waals surface area contributed by atoms with E-state index in [2.05, 4.69) is 10.2 Å². The van der Waals surface area contributed by atoms with Gasteiger partial charge in [-0.2, -0.15) is 0 Å². The van der Waals surface area contributed by atoms with Gasteiger partial charge in [0.2, 0.25) is 5.69 Å². The monoisotopic (exact) mass is 296 g/mol. The van der Waals surface area contributed by atoms with Crippen molar-refractivity contribution < 1.29 is 0 Å². The first-order valence-corrected chi connectivity index (χ1v) is 6.02. The molecule has 0 aliphatic carbocycles. The van der Waals surface area contributed by atoms with Gasteiger partial charge in [-0.15, -0.1) is 4.91 Å². The Bertz CT molecular complexity index is 753. The van der Waals surface area contributed by atoms with Gasteiger partial charge in [0.25, 0.3) is 5.56 Å². The van der Waals surface area contributed by atoms with E-state index < -0.39 is 5.56 Å². The Morgan fingerprint density at radius 2 is 2.21 bits per heavy atom. The summed E-state index contributed by atoms with van der Waals surface area (Å²) < 4.78 is 1.54. The number of H-pyrrole nitrogens is 1. The number of benzene rings is 1. The van der Waals surface area contributed by atoms with Crippen molar-refractivity contribution in [3.8, 4) is 0 Å². The quantitative estimate of drug-likeness (QED) is 0.672. The van der Waals surface area contributed by atoms with Crippen LogP contribution in [0.2, 0.25) is 5.02 Å². The fourth-order valence-corrected chi connectivity index (χ4v) is 2.11. The summed E-state index contributed by atoms with van der Waals surface area (Å²) in [6.45, 7) is 0.282. The zero-order valence-electron chi connectivity index (χ0n) is 9.59. The highest BCUT2D eigenvalue weighted by molar-refractivity contribution is 7.71. The number of nitrogens with one attached hydrogen (secondary N) is 1. The van der Waals surface area contributed by atoms with E-state index in [1.807, 2.05) is 6.07 Å². The molecule has 1 aromatic heterocycles. The predicted octanol–water partition coefficient (Wildman–Crippen LogP) is 2.59. The number of nitroso groups, excluding NO2 is 1. The Balaban J connectivity index is 2.55. The maximum atomic E-state index is 11.4. The average Bonchev–Trinajstić information content (AvgIpc) is 2.35. The Morgan fingerprint density at radius 3 is 2.84 bits per heavy atom. The van der Waals surface area contributed by atoms with Gasteiger partial charge in [-0.25, -0.2) is 0 Å². The van der Waals surface area contributed by atoms with Crippen molar-refractivity contribution in [2.24, 2.45) is 5.18 Å². The van der Waals surface area contributed by atoms with E-state index in [1.54, 1.807) is 18.2 Å². The van der Waals surface area contributed by atoms with Crippen molar-refractivity contribution in [3.05, 3.63) is 54.9 Å². The minimum atomic E-state index is -0.695. The van der Waals surface area contributed by atoms with Crippen LogP contribution in [0.25, 0.3) is 0 Å². The van der Waals surface area contributed by atoms with Gasteiger partial charge in [0.15, 0.2) is 4.77 Å². The Morgan fingerprint density at radius 1 is 1.47 bits per heavy atom. The highest BCUT2D eigenvalue weighted by Gasteiger charge is 2.11. The lowest BCUT2D eigenvalue weighted by atomic mass is 10.2. The summed E-state index contributed by atoms with van der Waals surface area (Å²) in [5, 5.41) is 3.19. The summed E-state index contributed by atoms with van der Waals surface area (Å²) in [4.78, 5) is 24.4. The van der Waals surface area contributed by atoms with Crippen LogP contribution in [0.1, 0.15) is 5.56 Å². The molecule has 1 heterocycles. The molecular weight excluding hydrogens is 288 g/mol. The largest absolute Gasteiger partial charge is 0.383 e. The second-order valence-electron chi connectivity index (χ2n) is 3.80. The van der Waals surface area contributed by atoms with Crippen molar-refractivity contribution in [2.75, 3.05) is 5.73 Å². The van der Waals surface area contributed by atoms with Crippen LogP contribution >= 0.6 is 23.8 Å². The van der Waals surface area contributed by atoms with Crippen LogP contribution < -0.4 is 11.3 Å². The minimum absolute atomic E-state index is 0.0660. The highest BCUT2D eigenvalue weighted by atomic mass is 35.5. The number of nitrogens with two attached hydrogens (primary N) is 1. The lowest BCUT2D eigenvalue weighted by molar-refractivity contribution is 0.758. The number of halogens is 1. The Kier molecular flexibility index (Phi) is 3.77. The normalized spacial score (nSPS) is 10.4. The van der Waals surface area contributed by atoms with E-state index in [9.17, 15) is 9.70 Å². The zero-order chi connectivity index (χ0) is 14.0. The molecule has 3 N–H and O–H groups in total. The number of aromatic nitrogens is 2. The van der Waals surface area contributed by atoms with Gasteiger partial charge < -0.3 is 5.73 Å². The fraction of sp³-hybridized carbons (Fsp3) is 0.0909. The Labute approximate surface area is 117 Å². The van der Waals surface area contributed by atoms with Gasteiger partial charge in [0, 0.05) is 5.02 Å².